The van der Waals surface area contributed by atoms with Crippen molar-refractivity contribution in [3.8, 4) is 21.9 Å². The molecule has 6 heteroatoms. The molecule has 5 nitrogen and oxygen atoms in total. The minimum atomic E-state index is -0.323. The molecule has 0 bridgehead atoms. The van der Waals surface area contributed by atoms with Gasteiger partial charge in [0.25, 0.3) is 0 Å². The molecule has 1 heterocycles. The fourth-order valence-electron chi connectivity index (χ4n) is 2.99. The molecule has 2 aromatic carbocycles. The Kier molecular flexibility index (Phi) is 6.67. The number of thiophene rings is 1. The zero-order chi connectivity index (χ0) is 20.8. The quantitative estimate of drug-likeness (QED) is 0.395. The van der Waals surface area contributed by atoms with Crippen LogP contribution in [0.3, 0.4) is 0 Å². The van der Waals surface area contributed by atoms with E-state index in [1.807, 2.05) is 30.3 Å². The van der Waals surface area contributed by atoms with Crippen molar-refractivity contribution in [2.45, 2.75) is 13.3 Å². The molecular weight excluding hydrogens is 388 g/mol. The molecule has 0 spiro atoms. The third-order valence-corrected chi connectivity index (χ3v) is 5.60. The standard InChI is InChI=1S/C23H22O5S/c1-4-28-21(24)14-16-13-20(22(25)18-7-5-6-8-19(18)27-3)29-23(16)15-9-11-17(26-2)12-10-15/h5-13H,4,14H2,1-3H3. The molecule has 0 radical (unpaired) electrons. The van der Waals surface area contributed by atoms with Crippen LogP contribution < -0.4 is 9.47 Å². The van der Waals surface area contributed by atoms with Crippen LogP contribution in [0.15, 0.2) is 54.6 Å². The summed E-state index contributed by atoms with van der Waals surface area (Å²) >= 11 is 1.35. The highest BCUT2D eigenvalue weighted by Gasteiger charge is 2.21. The number of carbonyl (C=O) groups excluding carboxylic acids is 2. The number of ether oxygens (including phenoxy) is 3. The van der Waals surface area contributed by atoms with Crippen LogP contribution in [0.5, 0.6) is 11.5 Å². The number of rotatable bonds is 8. The summed E-state index contributed by atoms with van der Waals surface area (Å²) < 4.78 is 15.7. The summed E-state index contributed by atoms with van der Waals surface area (Å²) in [5.41, 5.74) is 2.16. The number of hydrogen-bond acceptors (Lipinski definition) is 6. The van der Waals surface area contributed by atoms with Gasteiger partial charge in [-0.05, 0) is 60.5 Å². The van der Waals surface area contributed by atoms with Crippen LogP contribution in [-0.2, 0) is 16.0 Å². The molecule has 150 valence electrons. The van der Waals surface area contributed by atoms with Crippen molar-refractivity contribution in [1.29, 1.82) is 0 Å². The first kappa shape index (κ1) is 20.6. The van der Waals surface area contributed by atoms with Gasteiger partial charge in [0.1, 0.15) is 11.5 Å². The molecule has 0 amide bonds. The van der Waals surface area contributed by atoms with Crippen molar-refractivity contribution in [2.75, 3.05) is 20.8 Å². The number of hydrogen-bond donors (Lipinski definition) is 0. The van der Waals surface area contributed by atoms with Crippen molar-refractivity contribution < 1.29 is 23.8 Å². The van der Waals surface area contributed by atoms with Crippen molar-refractivity contribution in [1.82, 2.24) is 0 Å². The second-order valence-electron chi connectivity index (χ2n) is 6.20. The molecule has 1 aromatic heterocycles. The van der Waals surface area contributed by atoms with Gasteiger partial charge in [0, 0.05) is 4.88 Å². The summed E-state index contributed by atoms with van der Waals surface area (Å²) in [6.45, 7) is 2.08. The van der Waals surface area contributed by atoms with E-state index in [2.05, 4.69) is 0 Å². The molecule has 0 fully saturated rings. The number of para-hydroxylation sites is 1. The van der Waals surface area contributed by atoms with Gasteiger partial charge in [0.05, 0.1) is 37.7 Å². The molecular formula is C23H22O5S. The lowest BCUT2D eigenvalue weighted by atomic mass is 10.0. The SMILES string of the molecule is CCOC(=O)Cc1cc(C(=O)c2ccccc2OC)sc1-c1ccc(OC)cc1. The fourth-order valence-corrected chi connectivity index (χ4v) is 4.13. The van der Waals surface area contributed by atoms with Gasteiger partial charge in [-0.1, -0.05) is 12.1 Å². The number of carbonyl (C=O) groups is 2. The van der Waals surface area contributed by atoms with Gasteiger partial charge < -0.3 is 14.2 Å². The maximum Gasteiger partial charge on any atom is 0.310 e. The summed E-state index contributed by atoms with van der Waals surface area (Å²) in [6, 6.07) is 16.4. The number of ketones is 1. The van der Waals surface area contributed by atoms with Crippen molar-refractivity contribution in [3.63, 3.8) is 0 Å². The van der Waals surface area contributed by atoms with Crippen molar-refractivity contribution >= 4 is 23.1 Å². The monoisotopic (exact) mass is 410 g/mol. The first-order valence-electron chi connectivity index (χ1n) is 9.17. The molecule has 0 aliphatic rings. The Morgan fingerprint density at radius 3 is 2.34 bits per heavy atom. The van der Waals surface area contributed by atoms with E-state index in [1.54, 1.807) is 38.3 Å². The molecule has 0 N–H and O–H groups in total. The first-order valence-corrected chi connectivity index (χ1v) is 9.99. The van der Waals surface area contributed by atoms with E-state index in [9.17, 15) is 9.59 Å². The van der Waals surface area contributed by atoms with E-state index < -0.39 is 0 Å². The zero-order valence-electron chi connectivity index (χ0n) is 16.6. The number of esters is 1. The highest BCUT2D eigenvalue weighted by atomic mass is 32.1. The Balaban J connectivity index is 2.03. The maximum atomic E-state index is 13.1. The molecule has 0 aliphatic carbocycles. The van der Waals surface area contributed by atoms with E-state index in [1.165, 1.54) is 18.4 Å². The highest BCUT2D eigenvalue weighted by molar-refractivity contribution is 7.17. The van der Waals surface area contributed by atoms with E-state index in [4.69, 9.17) is 14.2 Å². The van der Waals surface area contributed by atoms with Crippen LogP contribution in [0.25, 0.3) is 10.4 Å². The smallest absolute Gasteiger partial charge is 0.310 e. The lowest BCUT2D eigenvalue weighted by molar-refractivity contribution is -0.142. The van der Waals surface area contributed by atoms with Crippen LogP contribution in [0.1, 0.15) is 27.7 Å². The summed E-state index contributed by atoms with van der Waals surface area (Å²) in [6.07, 6.45) is 0.102. The largest absolute Gasteiger partial charge is 0.497 e. The molecule has 0 unspecified atom stereocenters. The van der Waals surface area contributed by atoms with Crippen LogP contribution in [0.4, 0.5) is 0 Å². The molecule has 29 heavy (non-hydrogen) atoms. The van der Waals surface area contributed by atoms with Crippen LogP contribution in [-0.4, -0.2) is 32.6 Å². The Morgan fingerprint density at radius 1 is 0.966 bits per heavy atom. The second kappa shape index (κ2) is 9.39. The van der Waals surface area contributed by atoms with Crippen LogP contribution in [0, 0.1) is 0 Å². The molecule has 3 rings (SSSR count). The zero-order valence-corrected chi connectivity index (χ0v) is 17.4. The molecule has 3 aromatic rings. The van der Waals surface area contributed by atoms with Crippen LogP contribution >= 0.6 is 11.3 Å². The summed E-state index contributed by atoms with van der Waals surface area (Å²) in [7, 11) is 3.14. The summed E-state index contributed by atoms with van der Waals surface area (Å²) in [5, 5.41) is 0. The lowest BCUT2D eigenvalue weighted by Crippen LogP contribution is -2.07. The Hall–Kier alpha value is -3.12. The summed E-state index contributed by atoms with van der Waals surface area (Å²) in [5.74, 6) is 0.792. The van der Waals surface area contributed by atoms with Crippen molar-refractivity contribution in [3.05, 3.63) is 70.6 Å². The fraction of sp³-hybridized carbons (Fsp3) is 0.217. The van der Waals surface area contributed by atoms with E-state index >= 15 is 0 Å². The predicted octanol–water partition coefficient (Wildman–Crippen LogP) is 4.77. The molecule has 0 aliphatic heterocycles. The molecule has 0 saturated heterocycles. The van der Waals surface area contributed by atoms with Crippen molar-refractivity contribution in [2.24, 2.45) is 0 Å². The second-order valence-corrected chi connectivity index (χ2v) is 7.26. The lowest BCUT2D eigenvalue weighted by Gasteiger charge is -2.05. The predicted molar refractivity (Wildman–Crippen MR) is 113 cm³/mol. The minimum Gasteiger partial charge on any atom is -0.497 e. The number of methoxy groups -OCH3 is 2. The Labute approximate surface area is 173 Å². The van der Waals surface area contributed by atoms with E-state index in [-0.39, 0.29) is 18.2 Å². The minimum absolute atomic E-state index is 0.102. The van der Waals surface area contributed by atoms with Gasteiger partial charge in [-0.15, -0.1) is 11.3 Å². The third-order valence-electron chi connectivity index (χ3n) is 4.38. The van der Waals surface area contributed by atoms with Gasteiger partial charge in [0.15, 0.2) is 0 Å². The van der Waals surface area contributed by atoms with Gasteiger partial charge in [-0.2, -0.15) is 0 Å². The third kappa shape index (κ3) is 4.66. The van der Waals surface area contributed by atoms with Gasteiger partial charge in [-0.3, -0.25) is 9.59 Å². The average molecular weight is 410 g/mol. The highest BCUT2D eigenvalue weighted by Crippen LogP contribution is 2.36. The normalized spacial score (nSPS) is 10.4. The summed E-state index contributed by atoms with van der Waals surface area (Å²) in [4.78, 5) is 26.6. The van der Waals surface area contributed by atoms with Crippen LogP contribution in [0.2, 0.25) is 0 Å². The Bertz CT molecular complexity index is 1000. The number of benzene rings is 2. The van der Waals surface area contributed by atoms with Gasteiger partial charge in [0.2, 0.25) is 5.78 Å². The topological polar surface area (TPSA) is 61.8 Å². The van der Waals surface area contributed by atoms with E-state index in [0.29, 0.717) is 22.8 Å². The molecule has 0 saturated carbocycles. The Morgan fingerprint density at radius 2 is 1.69 bits per heavy atom. The molecule has 0 atom stereocenters. The van der Waals surface area contributed by atoms with Gasteiger partial charge in [-0.25, -0.2) is 0 Å². The first-order chi connectivity index (χ1) is 14.1. The maximum absolute atomic E-state index is 13.1. The van der Waals surface area contributed by atoms with Gasteiger partial charge >= 0.3 is 5.97 Å². The van der Waals surface area contributed by atoms with E-state index in [0.717, 1.165) is 21.8 Å². The average Bonchev–Trinajstić information content (AvgIpc) is 3.17.